The van der Waals surface area contributed by atoms with E-state index in [4.69, 9.17) is 9.47 Å². The first kappa shape index (κ1) is 21.4. The lowest BCUT2D eigenvalue weighted by molar-refractivity contribution is -0.150. The fraction of sp³-hybridized carbons (Fsp3) is 0.684. The maximum absolute atomic E-state index is 11.9. The van der Waals surface area contributed by atoms with Crippen molar-refractivity contribution in [3.05, 3.63) is 24.3 Å². The summed E-state index contributed by atoms with van der Waals surface area (Å²) in [6.07, 6.45) is 5.41. The molecule has 0 fully saturated rings. The predicted molar refractivity (Wildman–Crippen MR) is 93.0 cm³/mol. The fourth-order valence-corrected chi connectivity index (χ4v) is 2.04. The maximum atomic E-state index is 11.9. The van der Waals surface area contributed by atoms with Crippen molar-refractivity contribution in [1.29, 1.82) is 0 Å². The van der Waals surface area contributed by atoms with Gasteiger partial charge in [-0.15, -0.1) is 0 Å². The number of hydrogen-bond acceptors (Lipinski definition) is 4. The van der Waals surface area contributed by atoms with E-state index < -0.39 is 17.5 Å². The standard InChI is InChI=1S/C19H32O4/c1-8-10-11-16(9-2)12-13-22-17(20)14(3)15(4)18(21)23-19(5,6)7/h16H,3-4,8-13H2,1-2,5-7H3. The van der Waals surface area contributed by atoms with Crippen LogP contribution in [0.4, 0.5) is 0 Å². The Balaban J connectivity index is 4.32. The molecule has 0 saturated carbocycles. The van der Waals surface area contributed by atoms with Crippen molar-refractivity contribution in [2.24, 2.45) is 5.92 Å². The second kappa shape index (κ2) is 10.2. The average molecular weight is 324 g/mol. The van der Waals surface area contributed by atoms with Crippen molar-refractivity contribution in [3.8, 4) is 0 Å². The summed E-state index contributed by atoms with van der Waals surface area (Å²) in [4.78, 5) is 23.8. The summed E-state index contributed by atoms with van der Waals surface area (Å²) in [5.41, 5.74) is -0.735. The molecule has 0 aliphatic heterocycles. The van der Waals surface area contributed by atoms with E-state index in [0.29, 0.717) is 12.5 Å². The zero-order chi connectivity index (χ0) is 18.0. The first-order chi connectivity index (χ1) is 10.6. The molecule has 132 valence electrons. The van der Waals surface area contributed by atoms with Gasteiger partial charge in [-0.25, -0.2) is 9.59 Å². The summed E-state index contributed by atoms with van der Waals surface area (Å²) < 4.78 is 10.4. The lowest BCUT2D eigenvalue weighted by atomic mass is 9.96. The maximum Gasteiger partial charge on any atom is 0.338 e. The molecule has 1 unspecified atom stereocenters. The van der Waals surface area contributed by atoms with Crippen LogP contribution >= 0.6 is 0 Å². The predicted octanol–water partition coefficient (Wildman–Crippen LogP) is 4.59. The van der Waals surface area contributed by atoms with Crippen LogP contribution in [-0.4, -0.2) is 24.1 Å². The molecule has 0 N–H and O–H groups in total. The summed E-state index contributed by atoms with van der Waals surface area (Å²) >= 11 is 0. The number of ether oxygens (including phenoxy) is 2. The molecule has 0 aromatic carbocycles. The molecule has 0 aromatic heterocycles. The normalized spacial score (nSPS) is 12.4. The van der Waals surface area contributed by atoms with Crippen LogP contribution in [0.1, 0.15) is 66.7 Å². The molecule has 0 heterocycles. The Labute approximate surface area is 140 Å². The van der Waals surface area contributed by atoms with Crippen molar-refractivity contribution >= 4 is 11.9 Å². The van der Waals surface area contributed by atoms with Gasteiger partial charge < -0.3 is 9.47 Å². The van der Waals surface area contributed by atoms with Gasteiger partial charge in [0.2, 0.25) is 0 Å². The Morgan fingerprint density at radius 2 is 1.57 bits per heavy atom. The van der Waals surface area contributed by atoms with E-state index in [9.17, 15) is 9.59 Å². The average Bonchev–Trinajstić information content (AvgIpc) is 2.47. The van der Waals surface area contributed by atoms with Gasteiger partial charge in [-0.2, -0.15) is 0 Å². The van der Waals surface area contributed by atoms with E-state index in [2.05, 4.69) is 27.0 Å². The van der Waals surface area contributed by atoms with E-state index in [-0.39, 0.29) is 11.1 Å². The zero-order valence-corrected chi connectivity index (χ0v) is 15.4. The van der Waals surface area contributed by atoms with Crippen molar-refractivity contribution in [2.45, 2.75) is 72.3 Å². The van der Waals surface area contributed by atoms with Gasteiger partial charge in [0.15, 0.2) is 0 Å². The molecule has 0 radical (unpaired) electrons. The zero-order valence-electron chi connectivity index (χ0n) is 15.4. The van der Waals surface area contributed by atoms with E-state index in [1.165, 1.54) is 12.8 Å². The Morgan fingerprint density at radius 1 is 1.00 bits per heavy atom. The van der Waals surface area contributed by atoms with Gasteiger partial charge in [0.1, 0.15) is 5.60 Å². The first-order valence-corrected chi connectivity index (χ1v) is 8.41. The Bertz CT molecular complexity index is 429. The summed E-state index contributed by atoms with van der Waals surface area (Å²) in [6, 6.07) is 0. The minimum absolute atomic E-state index is 0.0409. The smallest absolute Gasteiger partial charge is 0.338 e. The van der Waals surface area contributed by atoms with Crippen molar-refractivity contribution in [1.82, 2.24) is 0 Å². The van der Waals surface area contributed by atoms with Crippen LogP contribution in [-0.2, 0) is 19.1 Å². The molecular weight excluding hydrogens is 292 g/mol. The molecule has 0 rings (SSSR count). The van der Waals surface area contributed by atoms with Crippen molar-refractivity contribution in [2.75, 3.05) is 6.61 Å². The van der Waals surface area contributed by atoms with Gasteiger partial charge in [-0.05, 0) is 33.1 Å². The van der Waals surface area contributed by atoms with E-state index in [1.807, 2.05) is 0 Å². The van der Waals surface area contributed by atoms with Gasteiger partial charge in [-0.3, -0.25) is 0 Å². The molecule has 0 amide bonds. The summed E-state index contributed by atoms with van der Waals surface area (Å²) in [5.74, 6) is -0.690. The molecule has 0 aliphatic carbocycles. The number of unbranched alkanes of at least 4 members (excludes halogenated alkanes) is 1. The highest BCUT2D eigenvalue weighted by Gasteiger charge is 2.24. The molecule has 1 atom stereocenters. The molecule has 4 heteroatoms. The van der Waals surface area contributed by atoms with Crippen molar-refractivity contribution in [3.63, 3.8) is 0 Å². The quantitative estimate of drug-likeness (QED) is 0.335. The third-order valence-corrected chi connectivity index (χ3v) is 3.56. The second-order valence-corrected chi connectivity index (χ2v) is 6.80. The van der Waals surface area contributed by atoms with Gasteiger partial charge in [-0.1, -0.05) is 52.7 Å². The molecular formula is C19H32O4. The lowest BCUT2D eigenvalue weighted by Gasteiger charge is -2.20. The third kappa shape index (κ3) is 9.22. The Hall–Kier alpha value is -1.58. The van der Waals surface area contributed by atoms with Gasteiger partial charge >= 0.3 is 11.9 Å². The molecule has 23 heavy (non-hydrogen) atoms. The summed E-state index contributed by atoms with van der Waals surface area (Å²) in [6.45, 7) is 17.1. The highest BCUT2D eigenvalue weighted by Crippen LogP contribution is 2.18. The lowest BCUT2D eigenvalue weighted by Crippen LogP contribution is -2.26. The Morgan fingerprint density at radius 3 is 2.04 bits per heavy atom. The largest absolute Gasteiger partial charge is 0.462 e. The number of rotatable bonds is 10. The summed E-state index contributed by atoms with van der Waals surface area (Å²) in [7, 11) is 0. The SMILES string of the molecule is C=C(C(=C)C(=O)OC(C)(C)C)C(=O)OCCC(CC)CCCC. The minimum Gasteiger partial charge on any atom is -0.462 e. The highest BCUT2D eigenvalue weighted by molar-refractivity contribution is 6.06. The van der Waals surface area contributed by atoms with Crippen LogP contribution in [0.15, 0.2) is 24.3 Å². The summed E-state index contributed by atoms with van der Waals surface area (Å²) in [5, 5.41) is 0. The van der Waals surface area contributed by atoms with E-state index >= 15 is 0 Å². The molecule has 0 aliphatic rings. The number of carbonyl (C=O) groups excluding carboxylic acids is 2. The monoisotopic (exact) mass is 324 g/mol. The fourth-order valence-electron chi connectivity index (χ4n) is 2.04. The van der Waals surface area contributed by atoms with Gasteiger partial charge in [0.25, 0.3) is 0 Å². The van der Waals surface area contributed by atoms with Crippen molar-refractivity contribution < 1.29 is 19.1 Å². The molecule has 0 bridgehead atoms. The highest BCUT2D eigenvalue weighted by atomic mass is 16.6. The number of carbonyl (C=O) groups is 2. The van der Waals surface area contributed by atoms with Crippen LogP contribution in [0.3, 0.4) is 0 Å². The molecule has 0 saturated heterocycles. The number of hydrogen-bond donors (Lipinski definition) is 0. The number of esters is 2. The topological polar surface area (TPSA) is 52.6 Å². The van der Waals surface area contributed by atoms with Crippen LogP contribution in [0.25, 0.3) is 0 Å². The van der Waals surface area contributed by atoms with E-state index in [0.717, 1.165) is 19.3 Å². The van der Waals surface area contributed by atoms with Gasteiger partial charge in [0, 0.05) is 0 Å². The van der Waals surface area contributed by atoms with Gasteiger partial charge in [0.05, 0.1) is 17.8 Å². The second-order valence-electron chi connectivity index (χ2n) is 6.80. The van der Waals surface area contributed by atoms with Crippen LogP contribution in [0.2, 0.25) is 0 Å². The van der Waals surface area contributed by atoms with E-state index in [1.54, 1.807) is 20.8 Å². The minimum atomic E-state index is -0.645. The molecule has 0 spiro atoms. The molecule has 4 nitrogen and oxygen atoms in total. The van der Waals surface area contributed by atoms with Crippen LogP contribution in [0, 0.1) is 5.92 Å². The molecule has 0 aromatic rings. The third-order valence-electron chi connectivity index (χ3n) is 3.56. The van der Waals surface area contributed by atoms with Crippen LogP contribution < -0.4 is 0 Å². The van der Waals surface area contributed by atoms with Crippen LogP contribution in [0.5, 0.6) is 0 Å². The first-order valence-electron chi connectivity index (χ1n) is 8.41. The Kier molecular flexibility index (Phi) is 9.54.